The van der Waals surface area contributed by atoms with Crippen LogP contribution in [0.25, 0.3) is 0 Å². The SMILES string of the molecule is CCCNC(=O)c1cccc(NC(C)CC(C)(C)OC)c1. The molecule has 0 heterocycles. The summed E-state index contributed by atoms with van der Waals surface area (Å²) in [4.78, 5) is 12.0. The van der Waals surface area contributed by atoms with E-state index in [1.54, 1.807) is 7.11 Å². The van der Waals surface area contributed by atoms with E-state index < -0.39 is 0 Å². The number of rotatable bonds is 8. The molecule has 1 aromatic rings. The van der Waals surface area contributed by atoms with E-state index in [-0.39, 0.29) is 17.6 Å². The van der Waals surface area contributed by atoms with Crippen LogP contribution >= 0.6 is 0 Å². The number of benzene rings is 1. The fourth-order valence-corrected chi connectivity index (χ4v) is 2.25. The third-order valence-electron chi connectivity index (χ3n) is 3.42. The van der Waals surface area contributed by atoms with Gasteiger partial charge in [-0.1, -0.05) is 13.0 Å². The van der Waals surface area contributed by atoms with Crippen molar-refractivity contribution in [1.29, 1.82) is 0 Å². The van der Waals surface area contributed by atoms with E-state index in [0.29, 0.717) is 12.1 Å². The minimum atomic E-state index is -0.164. The highest BCUT2D eigenvalue weighted by Gasteiger charge is 2.20. The first-order chi connectivity index (χ1) is 9.88. The monoisotopic (exact) mass is 292 g/mol. The van der Waals surface area contributed by atoms with Crippen LogP contribution in [-0.2, 0) is 4.74 Å². The molecule has 0 saturated carbocycles. The smallest absolute Gasteiger partial charge is 0.251 e. The summed E-state index contributed by atoms with van der Waals surface area (Å²) in [5.41, 5.74) is 1.48. The molecule has 118 valence electrons. The highest BCUT2D eigenvalue weighted by molar-refractivity contribution is 5.95. The molecule has 0 aliphatic carbocycles. The van der Waals surface area contributed by atoms with E-state index in [4.69, 9.17) is 4.74 Å². The first kappa shape index (κ1) is 17.5. The molecule has 0 spiro atoms. The number of carbonyl (C=O) groups is 1. The zero-order valence-corrected chi connectivity index (χ0v) is 13.8. The molecule has 0 aliphatic rings. The summed E-state index contributed by atoms with van der Waals surface area (Å²) in [7, 11) is 1.73. The molecular weight excluding hydrogens is 264 g/mol. The maximum Gasteiger partial charge on any atom is 0.251 e. The summed E-state index contributed by atoms with van der Waals surface area (Å²) in [5.74, 6) is -0.0228. The van der Waals surface area contributed by atoms with E-state index in [1.807, 2.05) is 31.2 Å². The molecule has 0 aliphatic heterocycles. The van der Waals surface area contributed by atoms with Crippen LogP contribution in [0.4, 0.5) is 5.69 Å². The molecule has 1 atom stereocenters. The fraction of sp³-hybridized carbons (Fsp3) is 0.588. The number of amides is 1. The Bertz CT molecular complexity index is 458. The average molecular weight is 292 g/mol. The first-order valence-corrected chi connectivity index (χ1v) is 7.58. The van der Waals surface area contributed by atoms with Gasteiger partial charge in [0, 0.05) is 30.9 Å². The third kappa shape index (κ3) is 6.17. The lowest BCUT2D eigenvalue weighted by Gasteiger charge is -2.27. The van der Waals surface area contributed by atoms with Gasteiger partial charge in [0.25, 0.3) is 5.91 Å². The second kappa shape index (κ2) is 8.03. The van der Waals surface area contributed by atoms with Crippen LogP contribution in [0.1, 0.15) is 50.9 Å². The molecule has 1 aromatic carbocycles. The van der Waals surface area contributed by atoms with Crippen LogP contribution in [0.5, 0.6) is 0 Å². The topological polar surface area (TPSA) is 50.4 Å². The molecule has 0 radical (unpaired) electrons. The van der Waals surface area contributed by atoms with E-state index in [9.17, 15) is 4.79 Å². The van der Waals surface area contributed by atoms with Crippen LogP contribution in [0.2, 0.25) is 0 Å². The van der Waals surface area contributed by atoms with Gasteiger partial charge in [-0.25, -0.2) is 0 Å². The summed E-state index contributed by atoms with van der Waals surface area (Å²) in [6.07, 6.45) is 1.82. The zero-order chi connectivity index (χ0) is 15.9. The van der Waals surface area contributed by atoms with E-state index in [2.05, 4.69) is 31.4 Å². The maximum absolute atomic E-state index is 12.0. The van der Waals surface area contributed by atoms with Crippen LogP contribution in [-0.4, -0.2) is 31.2 Å². The Labute approximate surface area is 128 Å². The van der Waals surface area contributed by atoms with Crippen LogP contribution in [0.3, 0.4) is 0 Å². The van der Waals surface area contributed by atoms with Gasteiger partial charge < -0.3 is 15.4 Å². The number of carbonyl (C=O) groups excluding carboxylic acids is 1. The van der Waals surface area contributed by atoms with Gasteiger partial charge in [-0.15, -0.1) is 0 Å². The maximum atomic E-state index is 12.0. The summed E-state index contributed by atoms with van der Waals surface area (Å²) in [6.45, 7) is 9.00. The average Bonchev–Trinajstić information content (AvgIpc) is 2.44. The molecule has 21 heavy (non-hydrogen) atoms. The summed E-state index contributed by atoms with van der Waals surface area (Å²) in [6, 6.07) is 7.86. The molecule has 0 saturated heterocycles. The predicted octanol–water partition coefficient (Wildman–Crippen LogP) is 3.44. The molecule has 1 rings (SSSR count). The van der Waals surface area contributed by atoms with Gasteiger partial charge in [0.2, 0.25) is 0 Å². The fourth-order valence-electron chi connectivity index (χ4n) is 2.25. The molecule has 0 aromatic heterocycles. The van der Waals surface area contributed by atoms with Gasteiger partial charge in [0.15, 0.2) is 0 Å². The van der Waals surface area contributed by atoms with Gasteiger partial charge in [0.1, 0.15) is 0 Å². The molecule has 4 heteroatoms. The van der Waals surface area contributed by atoms with Crippen molar-refractivity contribution >= 4 is 11.6 Å². The molecule has 1 amide bonds. The largest absolute Gasteiger partial charge is 0.382 e. The van der Waals surface area contributed by atoms with Crippen molar-refractivity contribution in [3.8, 4) is 0 Å². The minimum Gasteiger partial charge on any atom is -0.382 e. The number of anilines is 1. The standard InChI is InChI=1S/C17H28N2O2/c1-6-10-18-16(20)14-8-7-9-15(11-14)19-13(2)12-17(3,4)21-5/h7-9,11,13,19H,6,10,12H2,1-5H3,(H,18,20). The Balaban J connectivity index is 2.66. The van der Waals surface area contributed by atoms with Crippen LogP contribution in [0.15, 0.2) is 24.3 Å². The highest BCUT2D eigenvalue weighted by Crippen LogP contribution is 2.19. The molecule has 4 nitrogen and oxygen atoms in total. The Morgan fingerprint density at radius 3 is 2.71 bits per heavy atom. The molecule has 2 N–H and O–H groups in total. The van der Waals surface area contributed by atoms with E-state index in [0.717, 1.165) is 18.5 Å². The predicted molar refractivity (Wildman–Crippen MR) is 87.9 cm³/mol. The van der Waals surface area contributed by atoms with Gasteiger partial charge in [-0.05, 0) is 51.8 Å². The zero-order valence-electron chi connectivity index (χ0n) is 13.8. The minimum absolute atomic E-state index is 0.0228. The number of nitrogens with one attached hydrogen (secondary N) is 2. The summed E-state index contributed by atoms with van der Waals surface area (Å²) in [5, 5.41) is 6.31. The number of hydrogen-bond acceptors (Lipinski definition) is 3. The lowest BCUT2D eigenvalue weighted by molar-refractivity contribution is 0.0128. The van der Waals surface area contributed by atoms with Crippen molar-refractivity contribution < 1.29 is 9.53 Å². The number of methoxy groups -OCH3 is 1. The number of ether oxygens (including phenoxy) is 1. The van der Waals surface area contributed by atoms with E-state index >= 15 is 0 Å². The molecule has 1 unspecified atom stereocenters. The quantitative estimate of drug-likeness (QED) is 0.771. The Morgan fingerprint density at radius 2 is 2.10 bits per heavy atom. The normalized spacial score (nSPS) is 12.8. The summed E-state index contributed by atoms with van der Waals surface area (Å²) < 4.78 is 5.45. The van der Waals surface area contributed by atoms with Crippen molar-refractivity contribution in [2.24, 2.45) is 0 Å². The van der Waals surface area contributed by atoms with Crippen molar-refractivity contribution in [2.75, 3.05) is 19.0 Å². The van der Waals surface area contributed by atoms with Crippen molar-refractivity contribution in [3.63, 3.8) is 0 Å². The second-order valence-corrected chi connectivity index (χ2v) is 6.05. The lowest BCUT2D eigenvalue weighted by Crippen LogP contribution is -2.31. The highest BCUT2D eigenvalue weighted by atomic mass is 16.5. The Morgan fingerprint density at radius 1 is 1.38 bits per heavy atom. The Kier molecular flexibility index (Phi) is 6.69. The van der Waals surface area contributed by atoms with Gasteiger partial charge in [-0.2, -0.15) is 0 Å². The number of hydrogen-bond donors (Lipinski definition) is 2. The van der Waals surface area contributed by atoms with Crippen molar-refractivity contribution in [3.05, 3.63) is 29.8 Å². The lowest BCUT2D eigenvalue weighted by atomic mass is 9.99. The first-order valence-electron chi connectivity index (χ1n) is 7.58. The van der Waals surface area contributed by atoms with Crippen molar-refractivity contribution in [2.45, 2.75) is 52.2 Å². The van der Waals surface area contributed by atoms with Crippen LogP contribution < -0.4 is 10.6 Å². The van der Waals surface area contributed by atoms with Gasteiger partial charge >= 0.3 is 0 Å². The van der Waals surface area contributed by atoms with Gasteiger partial charge in [0.05, 0.1) is 5.60 Å². The second-order valence-electron chi connectivity index (χ2n) is 6.05. The summed E-state index contributed by atoms with van der Waals surface area (Å²) >= 11 is 0. The van der Waals surface area contributed by atoms with Crippen molar-refractivity contribution in [1.82, 2.24) is 5.32 Å². The third-order valence-corrected chi connectivity index (χ3v) is 3.42. The molecule has 0 bridgehead atoms. The Hall–Kier alpha value is -1.55. The van der Waals surface area contributed by atoms with Gasteiger partial charge in [-0.3, -0.25) is 4.79 Å². The molecule has 0 fully saturated rings. The van der Waals surface area contributed by atoms with Crippen LogP contribution in [0, 0.1) is 0 Å². The molecular formula is C17H28N2O2. The van der Waals surface area contributed by atoms with E-state index in [1.165, 1.54) is 0 Å².